The molecule has 0 spiro atoms. The second-order valence-electron chi connectivity index (χ2n) is 4.49. The third kappa shape index (κ3) is 7.31. The van der Waals surface area contributed by atoms with Crippen molar-refractivity contribution in [1.82, 2.24) is 5.32 Å². The van der Waals surface area contributed by atoms with Gasteiger partial charge in [-0.05, 0) is 19.8 Å². The van der Waals surface area contributed by atoms with Crippen LogP contribution in [0, 0.1) is 0 Å². The molecule has 0 fully saturated rings. The maximum absolute atomic E-state index is 11.5. The predicted molar refractivity (Wildman–Crippen MR) is 67.8 cm³/mol. The molecule has 0 bridgehead atoms. The lowest BCUT2D eigenvalue weighted by atomic mass is 9.96. The van der Waals surface area contributed by atoms with Crippen LogP contribution in [0.2, 0.25) is 0 Å². The van der Waals surface area contributed by atoms with Crippen molar-refractivity contribution in [3.05, 3.63) is 0 Å². The number of carbonyl (C=O) groups is 1. The van der Waals surface area contributed by atoms with Crippen LogP contribution < -0.4 is 11.1 Å². The van der Waals surface area contributed by atoms with Crippen molar-refractivity contribution in [3.8, 4) is 0 Å². The second-order valence-corrected chi connectivity index (χ2v) is 4.49. The van der Waals surface area contributed by atoms with Crippen molar-refractivity contribution in [2.75, 3.05) is 26.9 Å². The molecule has 5 nitrogen and oxygen atoms in total. The fourth-order valence-electron chi connectivity index (χ4n) is 1.41. The van der Waals surface area contributed by atoms with Gasteiger partial charge in [0.25, 0.3) is 0 Å². The molecule has 102 valence electrons. The minimum Gasteiger partial charge on any atom is -0.383 e. The number of methoxy groups -OCH3 is 1. The number of hydrogen-bond acceptors (Lipinski definition) is 4. The van der Waals surface area contributed by atoms with E-state index in [2.05, 4.69) is 5.32 Å². The van der Waals surface area contributed by atoms with Crippen LogP contribution in [0.3, 0.4) is 0 Å². The Kier molecular flexibility index (Phi) is 8.12. The number of nitrogens with two attached hydrogens (primary N) is 1. The number of rotatable bonds is 9. The van der Waals surface area contributed by atoms with Crippen LogP contribution in [-0.4, -0.2) is 44.4 Å². The zero-order valence-electron chi connectivity index (χ0n) is 11.4. The molecule has 5 heteroatoms. The van der Waals surface area contributed by atoms with Gasteiger partial charge in [0.05, 0.1) is 13.2 Å². The number of hydrogen-bond donors (Lipinski definition) is 2. The lowest BCUT2D eigenvalue weighted by Crippen LogP contribution is -2.45. The van der Waals surface area contributed by atoms with Crippen LogP contribution in [0.25, 0.3) is 0 Å². The van der Waals surface area contributed by atoms with Crippen LogP contribution in [-0.2, 0) is 14.3 Å². The number of amides is 1. The average molecular weight is 246 g/mol. The fraction of sp³-hybridized carbons (Fsp3) is 0.917. The summed E-state index contributed by atoms with van der Waals surface area (Å²) < 4.78 is 10.3. The lowest BCUT2D eigenvalue weighted by molar-refractivity contribution is -0.127. The smallest absolute Gasteiger partial charge is 0.246 e. The molecular formula is C12H26N2O3. The van der Waals surface area contributed by atoms with Crippen LogP contribution in [0.5, 0.6) is 0 Å². The summed E-state index contributed by atoms with van der Waals surface area (Å²) in [5, 5.41) is 2.77. The van der Waals surface area contributed by atoms with Gasteiger partial charge in [0.1, 0.15) is 6.61 Å². The second kappa shape index (κ2) is 8.44. The highest BCUT2D eigenvalue weighted by atomic mass is 16.5. The molecule has 1 amide bonds. The first kappa shape index (κ1) is 16.4. The Morgan fingerprint density at radius 3 is 2.47 bits per heavy atom. The van der Waals surface area contributed by atoms with Gasteiger partial charge in [-0.15, -0.1) is 0 Å². The molecule has 3 N–H and O–H groups in total. The summed E-state index contributed by atoms with van der Waals surface area (Å²) in [4.78, 5) is 11.5. The molecule has 0 aromatic carbocycles. The average Bonchev–Trinajstić information content (AvgIpc) is 2.29. The van der Waals surface area contributed by atoms with Gasteiger partial charge < -0.3 is 20.5 Å². The molecule has 0 aromatic rings. The zero-order chi connectivity index (χ0) is 13.3. The minimum atomic E-state index is -0.321. The molecule has 0 aliphatic carbocycles. The van der Waals surface area contributed by atoms with E-state index in [-0.39, 0.29) is 24.1 Å². The summed E-state index contributed by atoms with van der Waals surface area (Å²) in [6, 6.07) is -0.00363. The Morgan fingerprint density at radius 2 is 2.00 bits per heavy atom. The highest BCUT2D eigenvalue weighted by Crippen LogP contribution is 2.11. The molecule has 0 heterocycles. The first-order valence-electron chi connectivity index (χ1n) is 6.12. The number of carbonyl (C=O) groups excluding carboxylic acids is 1. The van der Waals surface area contributed by atoms with Gasteiger partial charge in [0, 0.05) is 18.7 Å². The van der Waals surface area contributed by atoms with E-state index in [0.717, 1.165) is 12.8 Å². The highest BCUT2D eigenvalue weighted by molar-refractivity contribution is 5.77. The van der Waals surface area contributed by atoms with E-state index in [0.29, 0.717) is 13.2 Å². The molecule has 0 saturated heterocycles. The highest BCUT2D eigenvalue weighted by Gasteiger charge is 2.20. The molecule has 0 aliphatic heterocycles. The molecule has 1 atom stereocenters. The largest absolute Gasteiger partial charge is 0.383 e. The molecule has 0 saturated carbocycles. The van der Waals surface area contributed by atoms with E-state index in [4.69, 9.17) is 15.2 Å². The Balaban J connectivity index is 3.78. The van der Waals surface area contributed by atoms with Crippen molar-refractivity contribution >= 4 is 5.91 Å². The number of nitrogens with one attached hydrogen (secondary N) is 1. The van der Waals surface area contributed by atoms with Gasteiger partial charge in [0.15, 0.2) is 0 Å². The van der Waals surface area contributed by atoms with Gasteiger partial charge in [-0.1, -0.05) is 13.8 Å². The molecular weight excluding hydrogens is 220 g/mol. The SMILES string of the molecule is CCC(N)(CC)COCC(=O)NC(C)COC. The maximum Gasteiger partial charge on any atom is 0.246 e. The van der Waals surface area contributed by atoms with Crippen molar-refractivity contribution in [3.63, 3.8) is 0 Å². The van der Waals surface area contributed by atoms with E-state index in [1.807, 2.05) is 20.8 Å². The van der Waals surface area contributed by atoms with Gasteiger partial charge in [-0.3, -0.25) is 4.79 Å². The van der Waals surface area contributed by atoms with Gasteiger partial charge in [-0.2, -0.15) is 0 Å². The molecule has 0 radical (unpaired) electrons. The van der Waals surface area contributed by atoms with Gasteiger partial charge >= 0.3 is 0 Å². The van der Waals surface area contributed by atoms with Gasteiger partial charge in [0.2, 0.25) is 5.91 Å². The van der Waals surface area contributed by atoms with E-state index in [1.54, 1.807) is 7.11 Å². The quantitative estimate of drug-likeness (QED) is 0.627. The molecule has 1 unspecified atom stereocenters. The van der Waals surface area contributed by atoms with Crippen LogP contribution in [0.15, 0.2) is 0 Å². The van der Waals surface area contributed by atoms with E-state index in [1.165, 1.54) is 0 Å². The fourth-order valence-corrected chi connectivity index (χ4v) is 1.41. The van der Waals surface area contributed by atoms with Crippen molar-refractivity contribution in [2.24, 2.45) is 5.73 Å². The summed E-state index contributed by atoms with van der Waals surface area (Å²) in [5.74, 6) is -0.135. The zero-order valence-corrected chi connectivity index (χ0v) is 11.4. The first-order valence-corrected chi connectivity index (χ1v) is 6.12. The molecule has 0 aromatic heterocycles. The Morgan fingerprint density at radius 1 is 1.41 bits per heavy atom. The van der Waals surface area contributed by atoms with Gasteiger partial charge in [-0.25, -0.2) is 0 Å². The first-order chi connectivity index (χ1) is 7.97. The molecule has 17 heavy (non-hydrogen) atoms. The minimum absolute atomic E-state index is 0.00363. The standard InChI is InChI=1S/C12H26N2O3/c1-5-12(13,6-2)9-17-8-11(15)14-10(3)7-16-4/h10H,5-9,13H2,1-4H3,(H,14,15). The van der Waals surface area contributed by atoms with E-state index in [9.17, 15) is 4.79 Å². The Bertz CT molecular complexity index is 218. The summed E-state index contributed by atoms with van der Waals surface area (Å²) in [5.41, 5.74) is 5.73. The molecule has 0 aliphatic rings. The summed E-state index contributed by atoms with van der Waals surface area (Å²) in [6.45, 7) is 6.88. The van der Waals surface area contributed by atoms with E-state index >= 15 is 0 Å². The van der Waals surface area contributed by atoms with Crippen molar-refractivity contribution < 1.29 is 14.3 Å². The summed E-state index contributed by atoms with van der Waals surface area (Å²) in [7, 11) is 1.60. The van der Waals surface area contributed by atoms with Crippen LogP contribution in [0.4, 0.5) is 0 Å². The van der Waals surface area contributed by atoms with E-state index < -0.39 is 0 Å². The molecule has 0 rings (SSSR count). The number of ether oxygens (including phenoxy) is 2. The summed E-state index contributed by atoms with van der Waals surface area (Å²) >= 11 is 0. The Hall–Kier alpha value is -0.650. The lowest BCUT2D eigenvalue weighted by Gasteiger charge is -2.26. The maximum atomic E-state index is 11.5. The predicted octanol–water partition coefficient (Wildman–Crippen LogP) is 0.672. The summed E-state index contributed by atoms with van der Waals surface area (Å²) in [6.07, 6.45) is 1.68. The third-order valence-corrected chi connectivity index (χ3v) is 2.85. The van der Waals surface area contributed by atoms with Crippen LogP contribution in [0.1, 0.15) is 33.6 Å². The topological polar surface area (TPSA) is 73.6 Å². The third-order valence-electron chi connectivity index (χ3n) is 2.85. The van der Waals surface area contributed by atoms with Crippen molar-refractivity contribution in [2.45, 2.75) is 45.2 Å². The Labute approximate surface area is 104 Å². The monoisotopic (exact) mass is 246 g/mol. The normalized spacial score (nSPS) is 13.5. The van der Waals surface area contributed by atoms with Crippen LogP contribution >= 0.6 is 0 Å². The van der Waals surface area contributed by atoms with Crippen molar-refractivity contribution in [1.29, 1.82) is 0 Å².